The summed E-state index contributed by atoms with van der Waals surface area (Å²) >= 11 is 0. The summed E-state index contributed by atoms with van der Waals surface area (Å²) in [5, 5.41) is 14.6. The minimum absolute atomic E-state index is 0.0562. The Labute approximate surface area is 151 Å². The van der Waals surface area contributed by atoms with Crippen LogP contribution in [0.3, 0.4) is 0 Å². The van der Waals surface area contributed by atoms with Gasteiger partial charge in [0, 0.05) is 31.5 Å². The lowest BCUT2D eigenvalue weighted by Gasteiger charge is -2.35. The first-order valence-corrected chi connectivity index (χ1v) is 8.40. The molecule has 0 saturated carbocycles. The van der Waals surface area contributed by atoms with E-state index in [4.69, 9.17) is 4.74 Å². The van der Waals surface area contributed by atoms with Crippen molar-refractivity contribution in [3.63, 3.8) is 0 Å². The fourth-order valence-electron chi connectivity index (χ4n) is 3.42. The Kier molecular flexibility index (Phi) is 4.08. The number of aromatic hydroxyl groups is 1. The first kappa shape index (κ1) is 16.2. The molecular weight excluding hydrogens is 330 g/mol. The average molecular weight is 349 g/mol. The highest BCUT2D eigenvalue weighted by atomic mass is 16.5. The number of amides is 1. The third-order valence-corrected chi connectivity index (χ3v) is 4.74. The highest BCUT2D eigenvalue weighted by Gasteiger charge is 2.30. The number of benzene rings is 2. The topological polar surface area (TPSA) is 67.6 Å². The van der Waals surface area contributed by atoms with E-state index in [0.717, 1.165) is 5.56 Å². The standard InChI is InChI=1S/C20H19N3O3/c1-26-15-7-8-17(19(24)11-15)20(25)22-12-14-5-2-3-6-16(14)18(13-22)23-10-4-9-21-23/h2-11,18,24H,12-13H2,1H3. The largest absolute Gasteiger partial charge is 0.507 e. The van der Waals surface area contributed by atoms with Crippen LogP contribution < -0.4 is 4.74 Å². The van der Waals surface area contributed by atoms with E-state index < -0.39 is 0 Å². The van der Waals surface area contributed by atoms with Crippen LogP contribution >= 0.6 is 0 Å². The molecule has 1 N–H and O–H groups in total. The van der Waals surface area contributed by atoms with Crippen molar-refractivity contribution in [2.75, 3.05) is 13.7 Å². The van der Waals surface area contributed by atoms with Crippen molar-refractivity contribution < 1.29 is 14.6 Å². The van der Waals surface area contributed by atoms with Crippen LogP contribution in [0.1, 0.15) is 27.5 Å². The zero-order valence-electron chi connectivity index (χ0n) is 14.4. The minimum atomic E-state index is -0.211. The molecule has 0 spiro atoms. The van der Waals surface area contributed by atoms with E-state index in [1.54, 1.807) is 23.2 Å². The summed E-state index contributed by atoms with van der Waals surface area (Å²) in [6.45, 7) is 0.987. The lowest BCUT2D eigenvalue weighted by molar-refractivity contribution is 0.0703. The van der Waals surface area contributed by atoms with Gasteiger partial charge in [0.1, 0.15) is 11.5 Å². The van der Waals surface area contributed by atoms with Gasteiger partial charge in [-0.05, 0) is 29.3 Å². The Hall–Kier alpha value is -3.28. The minimum Gasteiger partial charge on any atom is -0.507 e. The molecule has 1 atom stereocenters. The summed E-state index contributed by atoms with van der Waals surface area (Å²) in [7, 11) is 1.52. The molecule has 1 aliphatic heterocycles. The second-order valence-electron chi connectivity index (χ2n) is 6.27. The summed E-state index contributed by atoms with van der Waals surface area (Å²) < 4.78 is 6.96. The van der Waals surface area contributed by atoms with E-state index >= 15 is 0 Å². The fraction of sp³-hybridized carbons (Fsp3) is 0.200. The van der Waals surface area contributed by atoms with Crippen LogP contribution in [0.2, 0.25) is 0 Å². The number of carbonyl (C=O) groups excluding carboxylic acids is 1. The number of hydrogen-bond donors (Lipinski definition) is 1. The van der Waals surface area contributed by atoms with Gasteiger partial charge in [-0.3, -0.25) is 9.48 Å². The van der Waals surface area contributed by atoms with E-state index in [9.17, 15) is 9.90 Å². The van der Waals surface area contributed by atoms with Gasteiger partial charge in [-0.2, -0.15) is 5.10 Å². The van der Waals surface area contributed by atoms with E-state index in [1.807, 2.05) is 35.1 Å². The van der Waals surface area contributed by atoms with Crippen LogP contribution in [0.4, 0.5) is 0 Å². The number of methoxy groups -OCH3 is 1. The van der Waals surface area contributed by atoms with Crippen molar-refractivity contribution in [3.8, 4) is 11.5 Å². The van der Waals surface area contributed by atoms with E-state index in [2.05, 4.69) is 11.2 Å². The molecule has 0 fully saturated rings. The Balaban J connectivity index is 1.69. The Morgan fingerprint density at radius 3 is 2.81 bits per heavy atom. The highest BCUT2D eigenvalue weighted by molar-refractivity contribution is 5.97. The van der Waals surface area contributed by atoms with Crippen molar-refractivity contribution in [2.24, 2.45) is 0 Å². The second kappa shape index (κ2) is 6.55. The van der Waals surface area contributed by atoms with E-state index in [0.29, 0.717) is 18.8 Å². The maximum absolute atomic E-state index is 13.0. The normalized spacial score (nSPS) is 16.2. The zero-order valence-corrected chi connectivity index (χ0v) is 14.4. The molecule has 0 radical (unpaired) electrons. The number of rotatable bonds is 3. The van der Waals surface area contributed by atoms with Gasteiger partial charge in [0.2, 0.25) is 0 Å². The Morgan fingerprint density at radius 1 is 1.23 bits per heavy atom. The molecule has 26 heavy (non-hydrogen) atoms. The number of nitrogens with zero attached hydrogens (tertiary/aromatic N) is 3. The molecule has 132 valence electrons. The van der Waals surface area contributed by atoms with Crippen molar-refractivity contribution >= 4 is 5.91 Å². The number of fused-ring (bicyclic) bond motifs is 1. The van der Waals surface area contributed by atoms with Crippen LogP contribution in [0.5, 0.6) is 11.5 Å². The van der Waals surface area contributed by atoms with Gasteiger partial charge in [-0.1, -0.05) is 24.3 Å². The second-order valence-corrected chi connectivity index (χ2v) is 6.27. The molecule has 0 saturated heterocycles. The Bertz CT molecular complexity index is 937. The summed E-state index contributed by atoms with van der Waals surface area (Å²) in [5.41, 5.74) is 2.52. The van der Waals surface area contributed by atoms with Crippen LogP contribution in [0, 0.1) is 0 Å². The number of aromatic nitrogens is 2. The molecule has 1 unspecified atom stereocenters. The van der Waals surface area contributed by atoms with Crippen LogP contribution in [-0.4, -0.2) is 39.3 Å². The number of hydrogen-bond acceptors (Lipinski definition) is 4. The molecular formula is C20H19N3O3. The summed E-state index contributed by atoms with van der Waals surface area (Å²) in [6.07, 6.45) is 3.64. The average Bonchev–Trinajstić information content (AvgIpc) is 3.21. The highest BCUT2D eigenvalue weighted by Crippen LogP contribution is 2.32. The lowest BCUT2D eigenvalue weighted by Crippen LogP contribution is -2.40. The van der Waals surface area contributed by atoms with Gasteiger partial charge < -0.3 is 14.7 Å². The quantitative estimate of drug-likeness (QED) is 0.789. The van der Waals surface area contributed by atoms with Crippen LogP contribution in [-0.2, 0) is 6.54 Å². The summed E-state index contributed by atoms with van der Waals surface area (Å²) in [6, 6.07) is 14.6. The van der Waals surface area contributed by atoms with Gasteiger partial charge >= 0.3 is 0 Å². The van der Waals surface area contributed by atoms with Crippen molar-refractivity contribution in [3.05, 3.63) is 77.6 Å². The molecule has 3 aromatic rings. The molecule has 1 aliphatic rings. The van der Waals surface area contributed by atoms with Crippen LogP contribution in [0.25, 0.3) is 0 Å². The molecule has 6 heteroatoms. The lowest BCUT2D eigenvalue weighted by atomic mass is 9.95. The number of phenols is 1. The van der Waals surface area contributed by atoms with Crippen molar-refractivity contribution in [2.45, 2.75) is 12.6 Å². The smallest absolute Gasteiger partial charge is 0.257 e. The molecule has 1 aromatic heterocycles. The van der Waals surface area contributed by atoms with Crippen molar-refractivity contribution in [1.29, 1.82) is 0 Å². The zero-order chi connectivity index (χ0) is 18.1. The number of ether oxygens (including phenoxy) is 1. The molecule has 1 amide bonds. The first-order valence-electron chi connectivity index (χ1n) is 8.40. The third kappa shape index (κ3) is 2.79. The molecule has 2 aromatic carbocycles. The van der Waals surface area contributed by atoms with Gasteiger partial charge in [-0.25, -0.2) is 0 Å². The first-order chi connectivity index (χ1) is 12.7. The molecule has 2 heterocycles. The van der Waals surface area contributed by atoms with Gasteiger partial charge in [0.05, 0.1) is 18.7 Å². The summed E-state index contributed by atoms with van der Waals surface area (Å²) in [5.74, 6) is 0.220. The monoisotopic (exact) mass is 349 g/mol. The maximum atomic E-state index is 13.0. The third-order valence-electron chi connectivity index (χ3n) is 4.74. The molecule has 6 nitrogen and oxygen atoms in total. The van der Waals surface area contributed by atoms with E-state index in [1.165, 1.54) is 18.7 Å². The van der Waals surface area contributed by atoms with Gasteiger partial charge in [-0.15, -0.1) is 0 Å². The molecule has 4 rings (SSSR count). The maximum Gasteiger partial charge on any atom is 0.257 e. The van der Waals surface area contributed by atoms with Gasteiger partial charge in [0.25, 0.3) is 5.91 Å². The Morgan fingerprint density at radius 2 is 2.08 bits per heavy atom. The predicted octanol–water partition coefficient (Wildman–Crippen LogP) is 2.84. The number of carbonyl (C=O) groups is 1. The number of phenolic OH excluding ortho intramolecular Hbond substituents is 1. The fourth-order valence-corrected chi connectivity index (χ4v) is 3.42. The predicted molar refractivity (Wildman–Crippen MR) is 96.2 cm³/mol. The summed E-state index contributed by atoms with van der Waals surface area (Å²) in [4.78, 5) is 14.8. The van der Waals surface area contributed by atoms with Crippen molar-refractivity contribution in [1.82, 2.24) is 14.7 Å². The van der Waals surface area contributed by atoms with E-state index in [-0.39, 0.29) is 23.3 Å². The molecule has 0 bridgehead atoms. The molecule has 0 aliphatic carbocycles. The van der Waals surface area contributed by atoms with Gasteiger partial charge in [0.15, 0.2) is 0 Å². The SMILES string of the molecule is COc1ccc(C(=O)N2Cc3ccccc3C(n3cccn3)C2)c(O)c1. The van der Waals surface area contributed by atoms with Crippen LogP contribution in [0.15, 0.2) is 60.9 Å².